The zero-order valence-corrected chi connectivity index (χ0v) is 16.7. The molecule has 1 amide bonds. The molecule has 0 spiro atoms. The van der Waals surface area contributed by atoms with Gasteiger partial charge in [0.05, 0.1) is 6.54 Å². The van der Waals surface area contributed by atoms with Crippen LogP contribution in [0.5, 0.6) is 0 Å². The van der Waals surface area contributed by atoms with Crippen LogP contribution in [0.25, 0.3) is 11.1 Å². The standard InChI is InChI=1S/C15H13Cl.C7H15N3O/c16-15-9-7-14(8-10-15)13-5-3-12(4-6-13)11-1-2-11;1-9-2-4-10(5-3-9)7(11)6-8/h3-11H,1-2H2;2-6,8H2,1H3. The van der Waals surface area contributed by atoms with Gasteiger partial charge in [-0.2, -0.15) is 0 Å². The average molecular weight is 386 g/mol. The molecule has 1 heterocycles. The first kappa shape index (κ1) is 19.9. The number of carbonyl (C=O) groups is 1. The van der Waals surface area contributed by atoms with E-state index >= 15 is 0 Å². The van der Waals surface area contributed by atoms with E-state index in [1.807, 2.05) is 17.0 Å². The fourth-order valence-corrected chi connectivity index (χ4v) is 3.32. The molecule has 2 fully saturated rings. The highest BCUT2D eigenvalue weighted by atomic mass is 35.5. The molecule has 2 aromatic carbocycles. The van der Waals surface area contributed by atoms with Crippen molar-refractivity contribution in [1.82, 2.24) is 9.80 Å². The highest BCUT2D eigenvalue weighted by molar-refractivity contribution is 6.30. The van der Waals surface area contributed by atoms with Crippen molar-refractivity contribution in [2.24, 2.45) is 5.73 Å². The number of nitrogens with zero attached hydrogens (tertiary/aromatic N) is 2. The second-order valence-electron chi connectivity index (χ2n) is 7.29. The Morgan fingerprint density at radius 3 is 1.96 bits per heavy atom. The van der Waals surface area contributed by atoms with Gasteiger partial charge in [-0.15, -0.1) is 0 Å². The van der Waals surface area contributed by atoms with Crippen molar-refractivity contribution in [2.75, 3.05) is 39.8 Å². The molecule has 0 bridgehead atoms. The highest BCUT2D eigenvalue weighted by Gasteiger charge is 2.22. The first-order valence-corrected chi connectivity index (χ1v) is 9.97. The van der Waals surface area contributed by atoms with E-state index in [0.29, 0.717) is 0 Å². The molecule has 4 rings (SSSR count). The van der Waals surface area contributed by atoms with Gasteiger partial charge in [-0.25, -0.2) is 0 Å². The smallest absolute Gasteiger partial charge is 0.236 e. The minimum absolute atomic E-state index is 0.0677. The molecular formula is C22H28ClN3O. The summed E-state index contributed by atoms with van der Waals surface area (Å²) in [5, 5.41) is 0.790. The third kappa shape index (κ3) is 5.80. The van der Waals surface area contributed by atoms with Crippen LogP contribution in [0.4, 0.5) is 0 Å². The van der Waals surface area contributed by atoms with Crippen LogP contribution in [0.1, 0.15) is 24.3 Å². The molecule has 0 atom stereocenters. The monoisotopic (exact) mass is 385 g/mol. The number of halogens is 1. The first-order valence-electron chi connectivity index (χ1n) is 9.59. The second kappa shape index (κ2) is 9.36. The number of likely N-dealkylation sites (N-methyl/N-ethyl adjacent to an activating group) is 1. The molecule has 2 aromatic rings. The van der Waals surface area contributed by atoms with Gasteiger partial charge in [-0.05, 0) is 54.6 Å². The maximum absolute atomic E-state index is 11.1. The number of benzene rings is 2. The Morgan fingerprint density at radius 2 is 1.48 bits per heavy atom. The van der Waals surface area contributed by atoms with E-state index in [-0.39, 0.29) is 12.5 Å². The minimum atomic E-state index is 0.0677. The molecule has 0 unspecified atom stereocenters. The van der Waals surface area contributed by atoms with Crippen molar-refractivity contribution in [2.45, 2.75) is 18.8 Å². The van der Waals surface area contributed by atoms with Gasteiger partial charge in [0.15, 0.2) is 0 Å². The van der Waals surface area contributed by atoms with Crippen molar-refractivity contribution in [3.8, 4) is 11.1 Å². The lowest BCUT2D eigenvalue weighted by molar-refractivity contribution is -0.131. The fourth-order valence-electron chi connectivity index (χ4n) is 3.19. The maximum atomic E-state index is 11.1. The predicted molar refractivity (Wildman–Crippen MR) is 112 cm³/mol. The number of carbonyl (C=O) groups excluding carboxylic acids is 1. The Labute approximate surface area is 166 Å². The zero-order valence-electron chi connectivity index (χ0n) is 15.9. The van der Waals surface area contributed by atoms with Crippen LogP contribution in [0, 0.1) is 0 Å². The second-order valence-corrected chi connectivity index (χ2v) is 7.73. The van der Waals surface area contributed by atoms with Crippen LogP contribution in [-0.2, 0) is 4.79 Å². The molecule has 2 N–H and O–H groups in total. The number of amides is 1. The largest absolute Gasteiger partial charge is 0.339 e. The molecule has 144 valence electrons. The molecule has 1 aliphatic carbocycles. The SMILES string of the molecule is CN1CCN(C(=O)CN)CC1.Clc1ccc(-c2ccc(C3CC3)cc2)cc1. The lowest BCUT2D eigenvalue weighted by Gasteiger charge is -2.32. The number of hydrogen-bond donors (Lipinski definition) is 1. The van der Waals surface area contributed by atoms with Crippen molar-refractivity contribution in [1.29, 1.82) is 0 Å². The Balaban J connectivity index is 0.000000168. The summed E-state index contributed by atoms with van der Waals surface area (Å²) in [4.78, 5) is 15.1. The molecule has 27 heavy (non-hydrogen) atoms. The number of hydrogen-bond acceptors (Lipinski definition) is 3. The average Bonchev–Trinajstić information content (AvgIpc) is 3.55. The fraction of sp³-hybridized carbons (Fsp3) is 0.409. The van der Waals surface area contributed by atoms with E-state index in [2.05, 4.69) is 48.3 Å². The van der Waals surface area contributed by atoms with Gasteiger partial charge in [0, 0.05) is 31.2 Å². The van der Waals surface area contributed by atoms with Crippen LogP contribution in [0.3, 0.4) is 0 Å². The van der Waals surface area contributed by atoms with Crippen LogP contribution < -0.4 is 5.73 Å². The summed E-state index contributed by atoms with van der Waals surface area (Å²) in [6, 6.07) is 16.9. The number of piperazine rings is 1. The van der Waals surface area contributed by atoms with Crippen molar-refractivity contribution < 1.29 is 4.79 Å². The van der Waals surface area contributed by atoms with E-state index < -0.39 is 0 Å². The highest BCUT2D eigenvalue weighted by Crippen LogP contribution is 2.40. The molecule has 0 radical (unpaired) electrons. The van der Waals surface area contributed by atoms with Crippen LogP contribution in [0.2, 0.25) is 5.02 Å². The molecule has 1 saturated carbocycles. The third-order valence-corrected chi connectivity index (χ3v) is 5.42. The molecular weight excluding hydrogens is 358 g/mol. The summed E-state index contributed by atoms with van der Waals surface area (Å²) in [5.41, 5.74) is 9.21. The van der Waals surface area contributed by atoms with Gasteiger partial charge in [0.2, 0.25) is 5.91 Å². The van der Waals surface area contributed by atoms with Crippen LogP contribution in [0.15, 0.2) is 48.5 Å². The van der Waals surface area contributed by atoms with E-state index in [9.17, 15) is 4.79 Å². The molecule has 4 nitrogen and oxygen atoms in total. The zero-order chi connectivity index (χ0) is 19.2. The molecule has 1 aliphatic heterocycles. The van der Waals surface area contributed by atoms with E-state index in [1.165, 1.54) is 29.5 Å². The Kier molecular flexibility index (Phi) is 6.89. The molecule has 1 saturated heterocycles. The maximum Gasteiger partial charge on any atom is 0.236 e. The lowest BCUT2D eigenvalue weighted by Crippen LogP contribution is -2.48. The Hall–Kier alpha value is -1.88. The summed E-state index contributed by atoms with van der Waals surface area (Å²) >= 11 is 5.87. The molecule has 2 aliphatic rings. The normalized spacial score (nSPS) is 17.2. The van der Waals surface area contributed by atoms with Crippen molar-refractivity contribution in [3.63, 3.8) is 0 Å². The van der Waals surface area contributed by atoms with Gasteiger partial charge >= 0.3 is 0 Å². The summed E-state index contributed by atoms with van der Waals surface area (Å²) in [7, 11) is 2.06. The predicted octanol–water partition coefficient (Wildman–Crippen LogP) is 3.60. The molecule has 5 heteroatoms. The number of rotatable bonds is 3. The van der Waals surface area contributed by atoms with Crippen LogP contribution >= 0.6 is 11.6 Å². The van der Waals surface area contributed by atoms with Gasteiger partial charge < -0.3 is 15.5 Å². The summed E-state index contributed by atoms with van der Waals surface area (Å²) in [6.07, 6.45) is 2.72. The van der Waals surface area contributed by atoms with Crippen molar-refractivity contribution >= 4 is 17.5 Å². The van der Waals surface area contributed by atoms with E-state index in [1.54, 1.807) is 0 Å². The van der Waals surface area contributed by atoms with Gasteiger partial charge in [0.1, 0.15) is 0 Å². The summed E-state index contributed by atoms with van der Waals surface area (Å²) in [5.74, 6) is 0.900. The Morgan fingerprint density at radius 1 is 0.963 bits per heavy atom. The van der Waals surface area contributed by atoms with Crippen molar-refractivity contribution in [3.05, 3.63) is 59.1 Å². The summed E-state index contributed by atoms with van der Waals surface area (Å²) < 4.78 is 0. The lowest BCUT2D eigenvalue weighted by atomic mass is 10.0. The van der Waals surface area contributed by atoms with E-state index in [4.69, 9.17) is 17.3 Å². The Bertz CT molecular complexity index is 733. The summed E-state index contributed by atoms with van der Waals surface area (Å²) in [6.45, 7) is 3.72. The van der Waals surface area contributed by atoms with Crippen LogP contribution in [-0.4, -0.2) is 55.5 Å². The van der Waals surface area contributed by atoms with Gasteiger partial charge in [0.25, 0.3) is 0 Å². The van der Waals surface area contributed by atoms with E-state index in [0.717, 1.165) is 37.1 Å². The van der Waals surface area contributed by atoms with Gasteiger partial charge in [-0.1, -0.05) is 48.0 Å². The quantitative estimate of drug-likeness (QED) is 0.878. The van der Waals surface area contributed by atoms with Gasteiger partial charge in [-0.3, -0.25) is 4.79 Å². The first-order chi connectivity index (χ1) is 13.1. The third-order valence-electron chi connectivity index (χ3n) is 5.17. The number of nitrogens with two attached hydrogens (primary N) is 1. The molecule has 0 aromatic heterocycles. The minimum Gasteiger partial charge on any atom is -0.339 e. The topological polar surface area (TPSA) is 49.6 Å².